The molecule has 1 N–H and O–H groups in total. The summed E-state index contributed by atoms with van der Waals surface area (Å²) >= 11 is 6.93. The highest BCUT2D eigenvalue weighted by atomic mass is 79.9. The van der Waals surface area contributed by atoms with E-state index in [2.05, 4.69) is 43.1 Å². The molecule has 0 spiro atoms. The van der Waals surface area contributed by atoms with Crippen molar-refractivity contribution in [2.45, 2.75) is 13.0 Å². The molecule has 1 atom stereocenters. The number of aromatic nitrogens is 1. The van der Waals surface area contributed by atoms with E-state index in [1.165, 1.54) is 4.88 Å². The Labute approximate surface area is 123 Å². The third-order valence-electron chi connectivity index (χ3n) is 2.41. The zero-order valence-corrected chi connectivity index (χ0v) is 13.5. The van der Waals surface area contributed by atoms with Crippen molar-refractivity contribution in [3.05, 3.63) is 36.9 Å². The van der Waals surface area contributed by atoms with Gasteiger partial charge in [0, 0.05) is 39.5 Å². The van der Waals surface area contributed by atoms with Crippen molar-refractivity contribution in [1.82, 2.24) is 10.3 Å². The van der Waals surface area contributed by atoms with Gasteiger partial charge < -0.3 is 10.1 Å². The van der Waals surface area contributed by atoms with Gasteiger partial charge in [0.1, 0.15) is 5.01 Å². The average molecular weight is 347 g/mol. The van der Waals surface area contributed by atoms with E-state index >= 15 is 0 Å². The summed E-state index contributed by atoms with van der Waals surface area (Å²) in [5.41, 5.74) is 1.07. The van der Waals surface area contributed by atoms with Crippen molar-refractivity contribution < 1.29 is 4.74 Å². The van der Waals surface area contributed by atoms with Gasteiger partial charge in [-0.3, -0.25) is 0 Å². The van der Waals surface area contributed by atoms with Crippen LogP contribution in [0.5, 0.6) is 0 Å². The van der Waals surface area contributed by atoms with E-state index in [4.69, 9.17) is 4.74 Å². The van der Waals surface area contributed by atoms with Gasteiger partial charge in [-0.1, -0.05) is 0 Å². The van der Waals surface area contributed by atoms with Crippen molar-refractivity contribution in [3.63, 3.8) is 0 Å². The van der Waals surface area contributed by atoms with Crippen molar-refractivity contribution in [3.8, 4) is 0 Å². The molecule has 0 aromatic carbocycles. The van der Waals surface area contributed by atoms with Crippen molar-refractivity contribution in [2.24, 2.45) is 0 Å². The molecular weight excluding hydrogens is 332 g/mol. The van der Waals surface area contributed by atoms with Gasteiger partial charge in [0.2, 0.25) is 0 Å². The molecule has 2 heterocycles. The second-order valence-corrected chi connectivity index (χ2v) is 6.62. The molecule has 0 aliphatic rings. The number of thiophene rings is 1. The molecular formula is C12H15BrN2OS2. The fourth-order valence-electron chi connectivity index (χ4n) is 1.60. The topological polar surface area (TPSA) is 34.1 Å². The van der Waals surface area contributed by atoms with Crippen LogP contribution in [-0.2, 0) is 4.74 Å². The van der Waals surface area contributed by atoms with Crippen LogP contribution in [0.25, 0.3) is 0 Å². The lowest BCUT2D eigenvalue weighted by Gasteiger charge is -2.14. The van der Waals surface area contributed by atoms with E-state index in [1.54, 1.807) is 29.8 Å². The first-order valence-electron chi connectivity index (χ1n) is 5.59. The van der Waals surface area contributed by atoms with E-state index in [-0.39, 0.29) is 6.04 Å². The number of ether oxygens (including phenoxy) is 1. The third-order valence-corrected chi connectivity index (χ3v) is 5.20. The fraction of sp³-hybridized carbons (Fsp3) is 0.417. The molecule has 98 valence electrons. The van der Waals surface area contributed by atoms with Crippen molar-refractivity contribution in [1.29, 1.82) is 0 Å². The third kappa shape index (κ3) is 3.61. The maximum Gasteiger partial charge on any atom is 0.115 e. The Morgan fingerprint density at radius 1 is 1.44 bits per heavy atom. The van der Waals surface area contributed by atoms with Gasteiger partial charge in [-0.05, 0) is 28.9 Å². The average Bonchev–Trinajstić information content (AvgIpc) is 2.94. The Morgan fingerprint density at radius 2 is 2.28 bits per heavy atom. The van der Waals surface area contributed by atoms with Crippen LogP contribution in [0, 0.1) is 6.92 Å². The minimum Gasteiger partial charge on any atom is -0.383 e. The second kappa shape index (κ2) is 6.77. The largest absolute Gasteiger partial charge is 0.383 e. The van der Waals surface area contributed by atoms with Crippen LogP contribution in [0.4, 0.5) is 0 Å². The van der Waals surface area contributed by atoms with E-state index in [9.17, 15) is 0 Å². The second-order valence-electron chi connectivity index (χ2n) is 3.87. The van der Waals surface area contributed by atoms with Gasteiger partial charge in [-0.15, -0.1) is 22.7 Å². The summed E-state index contributed by atoms with van der Waals surface area (Å²) in [6.45, 7) is 3.54. The van der Waals surface area contributed by atoms with E-state index in [1.807, 2.05) is 6.92 Å². The maximum absolute atomic E-state index is 5.09. The molecule has 0 bridgehead atoms. The number of nitrogens with one attached hydrogen (secondary N) is 1. The standard InChI is InChI=1S/C12H15BrN2OS2/c1-8-6-18-12(15-8)11(14-3-4-16-2)10-5-9(13)7-17-10/h5-7,11,14H,3-4H2,1-2H3. The minimum atomic E-state index is 0.162. The number of rotatable bonds is 6. The molecule has 0 aliphatic heterocycles. The molecule has 0 amide bonds. The lowest BCUT2D eigenvalue weighted by molar-refractivity contribution is 0.197. The Balaban J connectivity index is 2.17. The smallest absolute Gasteiger partial charge is 0.115 e. The van der Waals surface area contributed by atoms with Crippen LogP contribution in [0.2, 0.25) is 0 Å². The van der Waals surface area contributed by atoms with Gasteiger partial charge in [0.15, 0.2) is 0 Å². The number of hydrogen-bond acceptors (Lipinski definition) is 5. The Morgan fingerprint density at radius 3 is 2.83 bits per heavy atom. The highest BCUT2D eigenvalue weighted by molar-refractivity contribution is 9.10. The van der Waals surface area contributed by atoms with Crippen molar-refractivity contribution in [2.75, 3.05) is 20.3 Å². The maximum atomic E-state index is 5.09. The lowest BCUT2D eigenvalue weighted by Crippen LogP contribution is -2.25. The summed E-state index contributed by atoms with van der Waals surface area (Å²) in [4.78, 5) is 5.85. The molecule has 3 nitrogen and oxygen atoms in total. The van der Waals surface area contributed by atoms with Crippen LogP contribution in [0.15, 0.2) is 21.3 Å². The molecule has 0 radical (unpaired) electrons. The number of nitrogens with zero attached hydrogens (tertiary/aromatic N) is 1. The molecule has 2 aromatic heterocycles. The summed E-state index contributed by atoms with van der Waals surface area (Å²) < 4.78 is 6.21. The normalized spacial score (nSPS) is 12.8. The SMILES string of the molecule is COCCNC(c1cc(Br)cs1)c1nc(C)cs1. The summed E-state index contributed by atoms with van der Waals surface area (Å²) in [5, 5.41) is 8.79. The summed E-state index contributed by atoms with van der Waals surface area (Å²) in [6.07, 6.45) is 0. The molecule has 6 heteroatoms. The molecule has 1 unspecified atom stereocenters. The van der Waals surface area contributed by atoms with Gasteiger partial charge in [-0.2, -0.15) is 0 Å². The van der Waals surface area contributed by atoms with Crippen LogP contribution in [0.3, 0.4) is 0 Å². The number of methoxy groups -OCH3 is 1. The Bertz CT molecular complexity index is 457. The number of hydrogen-bond donors (Lipinski definition) is 1. The van der Waals surface area contributed by atoms with E-state index < -0.39 is 0 Å². The van der Waals surface area contributed by atoms with Gasteiger partial charge in [-0.25, -0.2) is 4.98 Å². The first-order chi connectivity index (χ1) is 8.70. The zero-order chi connectivity index (χ0) is 13.0. The predicted octanol–water partition coefficient (Wildman–Crippen LogP) is 3.60. The molecule has 0 aliphatic carbocycles. The Kier molecular flexibility index (Phi) is 5.32. The summed E-state index contributed by atoms with van der Waals surface area (Å²) in [6, 6.07) is 2.31. The van der Waals surface area contributed by atoms with E-state index in [0.717, 1.165) is 21.7 Å². The Hall–Kier alpha value is -0.270. The first-order valence-corrected chi connectivity index (χ1v) is 8.14. The number of aryl methyl sites for hydroxylation is 1. The molecule has 18 heavy (non-hydrogen) atoms. The van der Waals surface area contributed by atoms with Gasteiger partial charge >= 0.3 is 0 Å². The van der Waals surface area contributed by atoms with Crippen molar-refractivity contribution >= 4 is 38.6 Å². The minimum absolute atomic E-state index is 0.162. The van der Waals surface area contributed by atoms with Crippen LogP contribution in [0.1, 0.15) is 21.6 Å². The zero-order valence-electron chi connectivity index (χ0n) is 10.3. The monoisotopic (exact) mass is 346 g/mol. The predicted molar refractivity (Wildman–Crippen MR) is 80.6 cm³/mol. The van der Waals surface area contributed by atoms with Crippen LogP contribution >= 0.6 is 38.6 Å². The molecule has 2 rings (SSSR count). The van der Waals surface area contributed by atoms with Gasteiger partial charge in [0.05, 0.1) is 12.6 Å². The number of halogens is 1. The van der Waals surface area contributed by atoms with Gasteiger partial charge in [0.25, 0.3) is 0 Å². The fourth-order valence-corrected chi connectivity index (χ4v) is 4.08. The highest BCUT2D eigenvalue weighted by Gasteiger charge is 2.18. The summed E-state index contributed by atoms with van der Waals surface area (Å²) in [7, 11) is 1.71. The number of thiazole rings is 1. The van der Waals surface area contributed by atoms with E-state index in [0.29, 0.717) is 6.61 Å². The molecule has 0 fully saturated rings. The highest BCUT2D eigenvalue weighted by Crippen LogP contribution is 2.31. The first kappa shape index (κ1) is 14.1. The molecule has 2 aromatic rings. The summed E-state index contributed by atoms with van der Waals surface area (Å²) in [5.74, 6) is 0. The molecule has 0 saturated carbocycles. The molecule has 0 saturated heterocycles. The van der Waals surface area contributed by atoms with Crippen LogP contribution in [-0.4, -0.2) is 25.2 Å². The van der Waals surface area contributed by atoms with Crippen LogP contribution < -0.4 is 5.32 Å². The quantitative estimate of drug-likeness (QED) is 0.811. The lowest BCUT2D eigenvalue weighted by atomic mass is 10.2.